The number of rotatable bonds is 3. The first kappa shape index (κ1) is 13.5. The van der Waals surface area contributed by atoms with E-state index in [0.29, 0.717) is 4.47 Å². The van der Waals surface area contributed by atoms with Gasteiger partial charge >= 0.3 is 5.97 Å². The maximum Gasteiger partial charge on any atom is 0.339 e. The highest BCUT2D eigenvalue weighted by atomic mass is 79.9. The van der Waals surface area contributed by atoms with Crippen molar-refractivity contribution >= 4 is 21.9 Å². The molecule has 0 unspecified atom stereocenters. The van der Waals surface area contributed by atoms with Gasteiger partial charge in [-0.2, -0.15) is 0 Å². The van der Waals surface area contributed by atoms with Gasteiger partial charge in [0.1, 0.15) is 11.3 Å². The van der Waals surface area contributed by atoms with Crippen LogP contribution in [0.2, 0.25) is 0 Å². The molecule has 0 fully saturated rings. The van der Waals surface area contributed by atoms with Gasteiger partial charge in [0.25, 0.3) is 0 Å². The summed E-state index contributed by atoms with van der Waals surface area (Å²) in [6.45, 7) is 1.80. The average Bonchev–Trinajstić information content (AvgIpc) is 2.33. The van der Waals surface area contributed by atoms with E-state index >= 15 is 0 Å². The van der Waals surface area contributed by atoms with Gasteiger partial charge in [0.15, 0.2) is 11.6 Å². The SMILES string of the molecule is Cc1ccc(C(=O)O)c(Oc2cc(Br)ccc2F)c1. The monoisotopic (exact) mass is 324 g/mol. The van der Waals surface area contributed by atoms with Crippen LogP contribution in [0.1, 0.15) is 15.9 Å². The molecule has 2 rings (SSSR count). The van der Waals surface area contributed by atoms with Crippen LogP contribution in [0, 0.1) is 12.7 Å². The second-order valence-electron chi connectivity index (χ2n) is 3.98. The van der Waals surface area contributed by atoms with Crippen molar-refractivity contribution in [2.45, 2.75) is 6.92 Å². The van der Waals surface area contributed by atoms with E-state index in [1.54, 1.807) is 19.1 Å². The number of carboxylic acid groups (broad SMARTS) is 1. The van der Waals surface area contributed by atoms with Crippen LogP contribution in [0.4, 0.5) is 4.39 Å². The molecular weight excluding hydrogens is 315 g/mol. The fourth-order valence-corrected chi connectivity index (χ4v) is 1.90. The molecule has 2 aromatic carbocycles. The Balaban J connectivity index is 2.45. The molecule has 1 N–H and O–H groups in total. The maximum atomic E-state index is 13.6. The predicted molar refractivity (Wildman–Crippen MR) is 72.3 cm³/mol. The molecule has 0 heterocycles. The average molecular weight is 325 g/mol. The zero-order valence-corrected chi connectivity index (χ0v) is 11.6. The second-order valence-corrected chi connectivity index (χ2v) is 4.90. The number of hydrogen-bond donors (Lipinski definition) is 1. The lowest BCUT2D eigenvalue weighted by atomic mass is 10.1. The number of aromatic carboxylic acids is 1. The lowest BCUT2D eigenvalue weighted by Crippen LogP contribution is -2.01. The highest BCUT2D eigenvalue weighted by Gasteiger charge is 2.14. The largest absolute Gasteiger partial charge is 0.478 e. The first-order valence-electron chi connectivity index (χ1n) is 5.44. The standard InChI is InChI=1S/C14H10BrFO3/c1-8-2-4-10(14(17)18)12(6-8)19-13-7-9(15)3-5-11(13)16/h2-7H,1H3,(H,17,18). The molecule has 0 aromatic heterocycles. The fraction of sp³-hybridized carbons (Fsp3) is 0.0714. The van der Waals surface area contributed by atoms with Gasteiger partial charge in [-0.1, -0.05) is 22.0 Å². The molecule has 0 saturated heterocycles. The molecule has 3 nitrogen and oxygen atoms in total. The smallest absolute Gasteiger partial charge is 0.339 e. The molecule has 0 bridgehead atoms. The Bertz CT molecular complexity index is 641. The molecule has 0 amide bonds. The zero-order valence-electron chi connectivity index (χ0n) is 9.98. The predicted octanol–water partition coefficient (Wildman–Crippen LogP) is 4.39. The van der Waals surface area contributed by atoms with E-state index in [1.165, 1.54) is 24.3 Å². The van der Waals surface area contributed by atoms with Crippen LogP contribution in [0.25, 0.3) is 0 Å². The van der Waals surface area contributed by atoms with Crippen LogP contribution in [0.3, 0.4) is 0 Å². The van der Waals surface area contributed by atoms with E-state index in [1.807, 2.05) is 0 Å². The quantitative estimate of drug-likeness (QED) is 0.910. The van der Waals surface area contributed by atoms with Crippen molar-refractivity contribution in [1.82, 2.24) is 0 Å². The van der Waals surface area contributed by atoms with E-state index in [4.69, 9.17) is 9.84 Å². The third-order valence-electron chi connectivity index (χ3n) is 2.48. The lowest BCUT2D eigenvalue weighted by Gasteiger charge is -2.10. The summed E-state index contributed by atoms with van der Waals surface area (Å²) in [5.41, 5.74) is 0.820. The Hall–Kier alpha value is -1.88. The van der Waals surface area contributed by atoms with Gasteiger partial charge in [0.05, 0.1) is 0 Å². The Labute approximate surface area is 117 Å². The van der Waals surface area contributed by atoms with Crippen LogP contribution in [0.5, 0.6) is 11.5 Å². The number of carbonyl (C=O) groups is 1. The Morgan fingerprint density at radius 2 is 1.95 bits per heavy atom. The van der Waals surface area contributed by atoms with E-state index in [2.05, 4.69) is 15.9 Å². The van der Waals surface area contributed by atoms with Crippen LogP contribution in [-0.2, 0) is 0 Å². The summed E-state index contributed by atoms with van der Waals surface area (Å²) >= 11 is 3.21. The van der Waals surface area contributed by atoms with Gasteiger partial charge in [-0.05, 0) is 42.8 Å². The van der Waals surface area contributed by atoms with Crippen LogP contribution in [-0.4, -0.2) is 11.1 Å². The third kappa shape index (κ3) is 3.12. The number of aryl methyl sites for hydroxylation is 1. The summed E-state index contributed by atoms with van der Waals surface area (Å²) in [4.78, 5) is 11.1. The molecule has 2 aromatic rings. The second kappa shape index (κ2) is 5.40. The fourth-order valence-electron chi connectivity index (χ4n) is 1.56. The van der Waals surface area contributed by atoms with E-state index in [9.17, 15) is 9.18 Å². The summed E-state index contributed by atoms with van der Waals surface area (Å²) in [5.74, 6) is -1.58. The number of hydrogen-bond acceptors (Lipinski definition) is 2. The molecule has 0 spiro atoms. The van der Waals surface area contributed by atoms with Crippen molar-refractivity contribution in [1.29, 1.82) is 0 Å². The van der Waals surface area contributed by atoms with Gasteiger partial charge in [-0.3, -0.25) is 0 Å². The first-order chi connectivity index (χ1) is 8.97. The van der Waals surface area contributed by atoms with E-state index < -0.39 is 11.8 Å². The Kier molecular flexibility index (Phi) is 3.85. The summed E-state index contributed by atoms with van der Waals surface area (Å²) in [6.07, 6.45) is 0. The van der Waals surface area contributed by atoms with Crippen molar-refractivity contribution < 1.29 is 19.0 Å². The highest BCUT2D eigenvalue weighted by molar-refractivity contribution is 9.10. The molecule has 98 valence electrons. The van der Waals surface area contributed by atoms with Gasteiger partial charge in [-0.25, -0.2) is 9.18 Å². The molecule has 0 aliphatic carbocycles. The number of halogens is 2. The third-order valence-corrected chi connectivity index (χ3v) is 2.97. The van der Waals surface area contributed by atoms with Gasteiger partial charge in [0.2, 0.25) is 0 Å². The summed E-state index contributed by atoms with van der Waals surface area (Å²) in [5, 5.41) is 9.08. The molecule has 5 heteroatoms. The van der Waals surface area contributed by atoms with Crippen LogP contribution < -0.4 is 4.74 Å². The maximum absolute atomic E-state index is 13.6. The normalized spacial score (nSPS) is 10.3. The molecular formula is C14H10BrFO3. The lowest BCUT2D eigenvalue weighted by molar-refractivity contribution is 0.0694. The molecule has 0 aliphatic heterocycles. The van der Waals surface area contributed by atoms with Crippen molar-refractivity contribution in [3.63, 3.8) is 0 Å². The van der Waals surface area contributed by atoms with Crippen LogP contribution >= 0.6 is 15.9 Å². The topological polar surface area (TPSA) is 46.5 Å². The molecule has 0 radical (unpaired) electrons. The van der Waals surface area contributed by atoms with E-state index in [0.717, 1.165) is 5.56 Å². The van der Waals surface area contributed by atoms with E-state index in [-0.39, 0.29) is 17.1 Å². The van der Waals surface area contributed by atoms with Gasteiger partial charge in [-0.15, -0.1) is 0 Å². The molecule has 0 saturated carbocycles. The number of ether oxygens (including phenoxy) is 1. The highest BCUT2D eigenvalue weighted by Crippen LogP contribution is 2.30. The first-order valence-corrected chi connectivity index (χ1v) is 6.23. The minimum Gasteiger partial charge on any atom is -0.478 e. The summed E-state index contributed by atoms with van der Waals surface area (Å²) < 4.78 is 19.6. The summed E-state index contributed by atoms with van der Waals surface area (Å²) in [7, 11) is 0. The minimum atomic E-state index is -1.12. The molecule has 19 heavy (non-hydrogen) atoms. The van der Waals surface area contributed by atoms with Gasteiger partial charge < -0.3 is 9.84 Å². The number of benzene rings is 2. The minimum absolute atomic E-state index is 0.00928. The number of carboxylic acids is 1. The summed E-state index contributed by atoms with van der Waals surface area (Å²) in [6, 6.07) is 8.88. The van der Waals surface area contributed by atoms with Crippen molar-refractivity contribution in [3.05, 3.63) is 57.8 Å². The Morgan fingerprint density at radius 1 is 1.21 bits per heavy atom. The zero-order chi connectivity index (χ0) is 14.0. The molecule has 0 aliphatic rings. The molecule has 0 atom stereocenters. The van der Waals surface area contributed by atoms with Crippen molar-refractivity contribution in [2.24, 2.45) is 0 Å². The van der Waals surface area contributed by atoms with Crippen molar-refractivity contribution in [2.75, 3.05) is 0 Å². The van der Waals surface area contributed by atoms with Gasteiger partial charge in [0, 0.05) is 4.47 Å². The van der Waals surface area contributed by atoms with Crippen LogP contribution in [0.15, 0.2) is 40.9 Å². The van der Waals surface area contributed by atoms with Crippen molar-refractivity contribution in [3.8, 4) is 11.5 Å². The Morgan fingerprint density at radius 3 is 2.63 bits per heavy atom.